The zero-order chi connectivity index (χ0) is 40.3. The second-order valence-corrected chi connectivity index (χ2v) is 15.2. The molecule has 9 aromatic carbocycles. The number of hydrogen-bond acceptors (Lipinski definition) is 5. The summed E-state index contributed by atoms with van der Waals surface area (Å²) in [6, 6.07) is 76.0. The van der Waals surface area contributed by atoms with E-state index in [0.29, 0.717) is 11.5 Å². The summed E-state index contributed by atoms with van der Waals surface area (Å²) in [5.41, 5.74) is 13.0. The molecular weight excluding hydrogens is 749 g/mol. The van der Waals surface area contributed by atoms with Crippen LogP contribution in [0.5, 0.6) is 0 Å². The molecule has 0 bridgehead atoms. The number of furan rings is 1. The lowest BCUT2D eigenvalue weighted by atomic mass is 10.1. The molecular formula is C55H36N4O2. The fraction of sp³-hybridized carbons (Fsp3) is 0. The minimum atomic E-state index is 0.550. The molecule has 0 atom stereocenters. The average molecular weight is 785 g/mol. The molecule has 288 valence electrons. The largest absolute Gasteiger partial charge is 0.454 e. The zero-order valence-corrected chi connectivity index (χ0v) is 32.9. The Morgan fingerprint density at radius 2 is 0.984 bits per heavy atom. The van der Waals surface area contributed by atoms with E-state index in [9.17, 15) is 0 Å². The van der Waals surface area contributed by atoms with Crippen molar-refractivity contribution in [2.75, 3.05) is 9.80 Å². The van der Waals surface area contributed by atoms with Crippen LogP contribution in [-0.4, -0.2) is 9.55 Å². The summed E-state index contributed by atoms with van der Waals surface area (Å²) in [6.07, 6.45) is 0. The van der Waals surface area contributed by atoms with E-state index < -0.39 is 0 Å². The molecule has 0 unspecified atom stereocenters. The third-order valence-electron chi connectivity index (χ3n) is 11.6. The van der Waals surface area contributed by atoms with Gasteiger partial charge in [-0.15, -0.1) is 0 Å². The van der Waals surface area contributed by atoms with Gasteiger partial charge in [-0.1, -0.05) is 121 Å². The summed E-state index contributed by atoms with van der Waals surface area (Å²) in [4.78, 5) is 9.79. The van der Waals surface area contributed by atoms with Gasteiger partial charge in [-0.3, -0.25) is 0 Å². The Hall–Kier alpha value is -8.35. The highest BCUT2D eigenvalue weighted by Gasteiger charge is 2.26. The van der Waals surface area contributed by atoms with Crippen molar-refractivity contribution in [3.8, 4) is 17.1 Å². The van der Waals surface area contributed by atoms with Crippen LogP contribution in [0.25, 0.3) is 72.0 Å². The first-order valence-corrected chi connectivity index (χ1v) is 20.5. The second kappa shape index (κ2) is 14.2. The molecule has 0 aliphatic rings. The molecule has 3 aromatic heterocycles. The van der Waals surface area contributed by atoms with Crippen LogP contribution in [0, 0.1) is 0 Å². The average Bonchev–Trinajstić information content (AvgIpc) is 4.03. The first-order chi connectivity index (χ1) is 30.3. The number of hydrogen-bond donors (Lipinski definition) is 0. The zero-order valence-electron chi connectivity index (χ0n) is 32.9. The molecule has 0 N–H and O–H groups in total. The third kappa shape index (κ3) is 5.76. The van der Waals surface area contributed by atoms with Crippen LogP contribution >= 0.6 is 0 Å². The van der Waals surface area contributed by atoms with Gasteiger partial charge in [0, 0.05) is 49.9 Å². The monoisotopic (exact) mass is 784 g/mol. The van der Waals surface area contributed by atoms with E-state index in [4.69, 9.17) is 13.8 Å². The molecule has 12 rings (SSSR count). The molecule has 6 heteroatoms. The molecule has 0 fully saturated rings. The van der Waals surface area contributed by atoms with Crippen LogP contribution in [0.15, 0.2) is 227 Å². The van der Waals surface area contributed by atoms with E-state index in [1.807, 2.05) is 48.5 Å². The summed E-state index contributed by atoms with van der Waals surface area (Å²) >= 11 is 0. The van der Waals surface area contributed by atoms with Crippen molar-refractivity contribution in [2.24, 2.45) is 0 Å². The fourth-order valence-corrected chi connectivity index (χ4v) is 8.87. The van der Waals surface area contributed by atoms with Crippen molar-refractivity contribution in [3.05, 3.63) is 218 Å². The van der Waals surface area contributed by atoms with Crippen molar-refractivity contribution in [1.29, 1.82) is 0 Å². The van der Waals surface area contributed by atoms with Gasteiger partial charge in [0.2, 0.25) is 5.89 Å². The van der Waals surface area contributed by atoms with Gasteiger partial charge >= 0.3 is 0 Å². The van der Waals surface area contributed by atoms with E-state index in [2.05, 4.69) is 184 Å². The number of benzene rings is 9. The van der Waals surface area contributed by atoms with Crippen LogP contribution < -0.4 is 9.80 Å². The minimum absolute atomic E-state index is 0.550. The number of aromatic nitrogens is 2. The molecule has 0 aliphatic carbocycles. The van der Waals surface area contributed by atoms with Gasteiger partial charge in [0.05, 0.1) is 28.1 Å². The Morgan fingerprint density at radius 3 is 1.74 bits per heavy atom. The van der Waals surface area contributed by atoms with E-state index >= 15 is 0 Å². The van der Waals surface area contributed by atoms with Gasteiger partial charge in [0.25, 0.3) is 0 Å². The number of anilines is 6. The Bertz CT molecular complexity index is 3540. The molecule has 6 nitrogen and oxygen atoms in total. The predicted molar refractivity (Wildman–Crippen MR) is 250 cm³/mol. The highest BCUT2D eigenvalue weighted by molar-refractivity contribution is 6.12. The Morgan fingerprint density at radius 1 is 0.377 bits per heavy atom. The number of nitrogens with zero attached hydrogens (tertiary/aromatic N) is 4. The molecule has 0 radical (unpaired) electrons. The van der Waals surface area contributed by atoms with Crippen LogP contribution in [0.1, 0.15) is 0 Å². The van der Waals surface area contributed by atoms with Crippen molar-refractivity contribution in [1.82, 2.24) is 9.55 Å². The Labute approximate surface area is 351 Å². The lowest BCUT2D eigenvalue weighted by Crippen LogP contribution is -2.14. The van der Waals surface area contributed by atoms with Gasteiger partial charge in [0.1, 0.15) is 11.1 Å². The highest BCUT2D eigenvalue weighted by atomic mass is 16.3. The van der Waals surface area contributed by atoms with E-state index in [0.717, 1.165) is 89.2 Å². The Balaban J connectivity index is 1.15. The summed E-state index contributed by atoms with van der Waals surface area (Å²) in [6.45, 7) is 0. The van der Waals surface area contributed by atoms with Gasteiger partial charge in [-0.05, 0) is 97.1 Å². The van der Waals surface area contributed by atoms with E-state index in [1.54, 1.807) is 0 Å². The SMILES string of the molecule is c1ccc(-c2nc3cc(N(c4ccccc4)c4cccc5c4oc4ccccc45)cc(N(c4ccccc4)c4ccc5c(c4)c4ccccc4n5-c4ccccc4)c3o2)cc1. The third-order valence-corrected chi connectivity index (χ3v) is 11.6. The standard InChI is InChI=1S/C55H36N4O2/c1-5-18-37(19-6-1)55-56-47-35-42(58(39-22-9-3-10-23-39)50-30-17-28-45-44-27-14-16-31-52(44)60-53(45)50)36-51(54(47)61-55)57(38-20-7-2-8-21-38)41-32-33-49-46(34-41)43-26-13-15-29-48(43)59(49)40-24-11-4-12-25-40/h1-36H. The van der Waals surface area contributed by atoms with Crippen molar-refractivity contribution in [3.63, 3.8) is 0 Å². The molecule has 0 aliphatic heterocycles. The van der Waals surface area contributed by atoms with Crippen LogP contribution in [0.2, 0.25) is 0 Å². The number of fused-ring (bicyclic) bond motifs is 7. The molecule has 61 heavy (non-hydrogen) atoms. The Kier molecular flexibility index (Phi) is 8.06. The predicted octanol–water partition coefficient (Wildman–Crippen LogP) is 15.4. The summed E-state index contributed by atoms with van der Waals surface area (Å²) in [7, 11) is 0. The van der Waals surface area contributed by atoms with Crippen molar-refractivity contribution < 1.29 is 8.83 Å². The lowest BCUT2D eigenvalue weighted by Gasteiger charge is -2.29. The normalized spacial score (nSPS) is 11.6. The van der Waals surface area contributed by atoms with Gasteiger partial charge in [-0.2, -0.15) is 0 Å². The maximum Gasteiger partial charge on any atom is 0.227 e. The van der Waals surface area contributed by atoms with Crippen molar-refractivity contribution >= 4 is 89.0 Å². The quantitative estimate of drug-likeness (QED) is 0.154. The van der Waals surface area contributed by atoms with Crippen LogP contribution in [0.3, 0.4) is 0 Å². The van der Waals surface area contributed by atoms with Gasteiger partial charge in [0.15, 0.2) is 11.2 Å². The molecule has 0 spiro atoms. The fourth-order valence-electron chi connectivity index (χ4n) is 8.87. The highest BCUT2D eigenvalue weighted by Crippen LogP contribution is 2.48. The number of para-hydroxylation sites is 6. The first-order valence-electron chi connectivity index (χ1n) is 20.5. The number of rotatable bonds is 8. The van der Waals surface area contributed by atoms with Crippen molar-refractivity contribution in [2.45, 2.75) is 0 Å². The molecule has 0 saturated heterocycles. The number of oxazole rings is 1. The summed E-state index contributed by atoms with van der Waals surface area (Å²) < 4.78 is 15.9. The van der Waals surface area contributed by atoms with Gasteiger partial charge in [-0.25, -0.2) is 4.98 Å². The smallest absolute Gasteiger partial charge is 0.227 e. The maximum absolute atomic E-state index is 6.89. The summed E-state index contributed by atoms with van der Waals surface area (Å²) in [5.74, 6) is 0.550. The lowest BCUT2D eigenvalue weighted by molar-refractivity contribution is 0.620. The van der Waals surface area contributed by atoms with E-state index in [1.165, 1.54) is 5.39 Å². The van der Waals surface area contributed by atoms with E-state index in [-0.39, 0.29) is 0 Å². The molecule has 0 saturated carbocycles. The van der Waals surface area contributed by atoms with Gasteiger partial charge < -0.3 is 23.2 Å². The second-order valence-electron chi connectivity index (χ2n) is 15.2. The molecule has 12 aromatic rings. The minimum Gasteiger partial charge on any atom is -0.454 e. The first kappa shape index (κ1) is 34.7. The van der Waals surface area contributed by atoms with Crippen LogP contribution in [0.4, 0.5) is 34.1 Å². The maximum atomic E-state index is 6.89. The topological polar surface area (TPSA) is 50.6 Å². The van der Waals surface area contributed by atoms with Crippen LogP contribution in [-0.2, 0) is 0 Å². The molecule has 0 amide bonds. The summed E-state index contributed by atoms with van der Waals surface area (Å²) in [5, 5.41) is 4.45. The molecule has 3 heterocycles.